The molecule has 0 N–H and O–H groups in total. The van der Waals surface area contributed by atoms with Crippen molar-refractivity contribution in [2.75, 3.05) is 4.67 Å². The molecule has 0 aromatic heterocycles. The maximum atomic E-state index is 6.87. The summed E-state index contributed by atoms with van der Waals surface area (Å²) in [6.45, 7) is 0. The van der Waals surface area contributed by atoms with Crippen molar-refractivity contribution in [2.45, 2.75) is 31.1 Å². The molecule has 4 aromatic rings. The Labute approximate surface area is 195 Å². The molecule has 4 heteroatoms. The molecule has 162 valence electrons. The van der Waals surface area contributed by atoms with Crippen LogP contribution >= 0.6 is 8.53 Å². The molecule has 33 heavy (non-hydrogen) atoms. The maximum Gasteiger partial charge on any atom is 0.422 e. The molecule has 0 saturated carbocycles. The van der Waals surface area contributed by atoms with Gasteiger partial charge in [0.05, 0.1) is 11.4 Å². The number of para-hydroxylation sites is 2. The lowest BCUT2D eigenvalue weighted by Gasteiger charge is -2.37. The molecule has 0 fully saturated rings. The largest absolute Gasteiger partial charge is 0.422 e. The summed E-state index contributed by atoms with van der Waals surface area (Å²) in [6, 6.07) is 34.0. The predicted molar refractivity (Wildman–Crippen MR) is 134 cm³/mol. The van der Waals surface area contributed by atoms with Crippen LogP contribution < -0.4 is 13.7 Å². The second kappa shape index (κ2) is 7.37. The van der Waals surface area contributed by atoms with E-state index < -0.39 is 8.53 Å². The van der Waals surface area contributed by atoms with Crippen molar-refractivity contribution in [2.24, 2.45) is 0 Å². The molecule has 4 aromatic carbocycles. The van der Waals surface area contributed by atoms with Gasteiger partial charge in [-0.1, -0.05) is 60.7 Å². The zero-order valence-corrected chi connectivity index (χ0v) is 19.2. The average Bonchev–Trinajstić information content (AvgIpc) is 3.42. The van der Waals surface area contributed by atoms with Crippen molar-refractivity contribution in [3.8, 4) is 11.5 Å². The summed E-state index contributed by atoms with van der Waals surface area (Å²) in [7, 11) is -1.48. The molecule has 0 saturated heterocycles. The zero-order valence-electron chi connectivity index (χ0n) is 18.3. The molecule has 7 rings (SSSR count). The van der Waals surface area contributed by atoms with Crippen LogP contribution in [0.25, 0.3) is 0 Å². The van der Waals surface area contributed by atoms with E-state index in [2.05, 4.69) is 89.6 Å². The highest BCUT2D eigenvalue weighted by Gasteiger charge is 2.50. The van der Waals surface area contributed by atoms with Crippen LogP contribution in [-0.4, -0.2) is 0 Å². The Balaban J connectivity index is 1.46. The average molecular weight is 449 g/mol. The zero-order chi connectivity index (χ0) is 21.8. The first-order valence-corrected chi connectivity index (χ1v) is 12.8. The third-order valence-corrected chi connectivity index (χ3v) is 8.84. The van der Waals surface area contributed by atoms with Gasteiger partial charge >= 0.3 is 8.53 Å². The highest BCUT2D eigenvalue weighted by atomic mass is 31.2. The van der Waals surface area contributed by atoms with E-state index in [4.69, 9.17) is 9.05 Å². The first kappa shape index (κ1) is 19.2. The summed E-state index contributed by atoms with van der Waals surface area (Å²) in [5, 5.41) is 0. The number of hydrogen-bond acceptors (Lipinski definition) is 3. The highest BCUT2D eigenvalue weighted by Crippen LogP contribution is 2.63. The van der Waals surface area contributed by atoms with Gasteiger partial charge in [-0.15, -0.1) is 0 Å². The van der Waals surface area contributed by atoms with E-state index in [9.17, 15) is 0 Å². The summed E-state index contributed by atoms with van der Waals surface area (Å²) in [4.78, 5) is 0. The summed E-state index contributed by atoms with van der Waals surface area (Å²) < 4.78 is 16.0. The lowest BCUT2D eigenvalue weighted by atomic mass is 9.76. The number of anilines is 2. The highest BCUT2D eigenvalue weighted by molar-refractivity contribution is 7.50. The quantitative estimate of drug-likeness (QED) is 0.299. The minimum atomic E-state index is -1.48. The van der Waals surface area contributed by atoms with Crippen LogP contribution in [0.5, 0.6) is 11.5 Å². The fourth-order valence-corrected chi connectivity index (χ4v) is 7.48. The number of nitrogens with zero attached hydrogens (tertiary/aromatic N) is 1. The molecule has 0 unspecified atom stereocenters. The smallest absolute Gasteiger partial charge is 0.422 e. The topological polar surface area (TPSA) is 21.7 Å². The van der Waals surface area contributed by atoms with Gasteiger partial charge in [0.1, 0.15) is 11.5 Å². The molecule has 0 amide bonds. The summed E-state index contributed by atoms with van der Waals surface area (Å²) >= 11 is 0. The second-order valence-corrected chi connectivity index (χ2v) is 10.3. The van der Waals surface area contributed by atoms with Crippen molar-refractivity contribution in [3.63, 3.8) is 0 Å². The van der Waals surface area contributed by atoms with E-state index >= 15 is 0 Å². The number of aryl methyl sites for hydroxylation is 2. The Hall–Kier alpha value is -3.29. The van der Waals surface area contributed by atoms with Crippen LogP contribution in [0.15, 0.2) is 97.1 Å². The van der Waals surface area contributed by atoms with Crippen molar-refractivity contribution < 1.29 is 9.05 Å². The lowest BCUT2D eigenvalue weighted by molar-refractivity contribution is 0.426. The summed E-state index contributed by atoms with van der Waals surface area (Å²) in [5.41, 5.74) is 7.78. The molecule has 2 aliphatic carbocycles. The lowest BCUT2D eigenvalue weighted by Crippen LogP contribution is -2.26. The molecule has 0 bridgehead atoms. The minimum absolute atomic E-state index is 0.0175. The fourth-order valence-electron chi connectivity index (χ4n) is 6.00. The molecule has 1 aliphatic heterocycles. The molecular formula is C29H24NO2P. The maximum absolute atomic E-state index is 6.87. The third-order valence-electron chi connectivity index (χ3n) is 7.34. The van der Waals surface area contributed by atoms with Gasteiger partial charge in [-0.3, -0.25) is 4.67 Å². The molecule has 1 heterocycles. The summed E-state index contributed by atoms with van der Waals surface area (Å²) in [5.74, 6) is 1.96. The molecule has 1 spiro atoms. The number of benzene rings is 4. The van der Waals surface area contributed by atoms with E-state index in [1.54, 1.807) is 0 Å². The Morgan fingerprint density at radius 2 is 1.06 bits per heavy atom. The first-order chi connectivity index (χ1) is 16.3. The van der Waals surface area contributed by atoms with Gasteiger partial charge in [-0.2, -0.15) is 0 Å². The van der Waals surface area contributed by atoms with Crippen molar-refractivity contribution >= 4 is 19.9 Å². The van der Waals surface area contributed by atoms with Crippen molar-refractivity contribution in [1.29, 1.82) is 0 Å². The van der Waals surface area contributed by atoms with Gasteiger partial charge in [0, 0.05) is 16.5 Å². The van der Waals surface area contributed by atoms with Crippen LogP contribution in [0.3, 0.4) is 0 Å². The second-order valence-electron chi connectivity index (χ2n) is 9.07. The van der Waals surface area contributed by atoms with Crippen molar-refractivity contribution in [3.05, 3.63) is 119 Å². The monoisotopic (exact) mass is 449 g/mol. The van der Waals surface area contributed by atoms with Crippen LogP contribution in [0.1, 0.15) is 35.1 Å². The van der Waals surface area contributed by atoms with Gasteiger partial charge in [0.15, 0.2) is 0 Å². The van der Waals surface area contributed by atoms with Crippen LogP contribution in [0.4, 0.5) is 11.4 Å². The molecule has 3 nitrogen and oxygen atoms in total. The van der Waals surface area contributed by atoms with Crippen LogP contribution in [0, 0.1) is 0 Å². The molecule has 0 atom stereocenters. The molecular weight excluding hydrogens is 425 g/mol. The number of hydrogen-bond donors (Lipinski definition) is 0. The normalized spacial score (nSPS) is 17.2. The van der Waals surface area contributed by atoms with Gasteiger partial charge < -0.3 is 9.05 Å². The fraction of sp³-hybridized carbons (Fsp3) is 0.172. The van der Waals surface area contributed by atoms with Crippen LogP contribution in [-0.2, 0) is 18.3 Å². The predicted octanol–water partition coefficient (Wildman–Crippen LogP) is 7.70. The molecule has 3 aliphatic rings. The standard InChI is InChI=1S/C29H24NO2P/c1-3-11-23(12-4-1)30(24-13-5-2-6-14-24)33-31-25-15-7-9-21-17-19-29(27(21)25)20-18-22-10-8-16-26(32-33)28(22)29/h1-16H,17-20H2. The minimum Gasteiger partial charge on any atom is -0.422 e. The first-order valence-electron chi connectivity index (χ1n) is 11.6. The van der Waals surface area contributed by atoms with Gasteiger partial charge in [0.25, 0.3) is 0 Å². The van der Waals surface area contributed by atoms with E-state index in [1.807, 2.05) is 12.1 Å². The molecule has 0 radical (unpaired) electrons. The Morgan fingerprint density at radius 1 is 0.576 bits per heavy atom. The van der Waals surface area contributed by atoms with Gasteiger partial charge in [-0.25, -0.2) is 0 Å². The SMILES string of the molecule is c1ccc(N(c2ccccc2)P2Oc3cccc4c3C3(CC4)CCc4cccc(c43)O2)cc1. The van der Waals surface area contributed by atoms with E-state index in [0.29, 0.717) is 0 Å². The third kappa shape index (κ3) is 2.85. The Kier molecular flexibility index (Phi) is 4.29. The van der Waals surface area contributed by atoms with Gasteiger partial charge in [-0.05, 0) is 73.2 Å². The van der Waals surface area contributed by atoms with Crippen molar-refractivity contribution in [1.82, 2.24) is 0 Å². The van der Waals surface area contributed by atoms with Gasteiger partial charge in [0.2, 0.25) is 0 Å². The Morgan fingerprint density at radius 3 is 1.55 bits per heavy atom. The van der Waals surface area contributed by atoms with Crippen LogP contribution in [0.2, 0.25) is 0 Å². The number of rotatable bonds is 3. The van der Waals surface area contributed by atoms with E-state index in [0.717, 1.165) is 48.6 Å². The van der Waals surface area contributed by atoms with E-state index in [1.165, 1.54) is 22.3 Å². The van der Waals surface area contributed by atoms with E-state index in [-0.39, 0.29) is 5.41 Å². The summed E-state index contributed by atoms with van der Waals surface area (Å²) in [6.07, 6.45) is 4.46. The Bertz CT molecular complexity index is 1240.